The molecular weight excluding hydrogens is 357 g/mol. The highest BCUT2D eigenvalue weighted by Gasteiger charge is 2.23. The topological polar surface area (TPSA) is 12.0 Å². The van der Waals surface area contributed by atoms with Crippen molar-refractivity contribution in [3.8, 4) is 0 Å². The van der Waals surface area contributed by atoms with Crippen molar-refractivity contribution >= 4 is 39.0 Å². The molecule has 1 aliphatic heterocycles. The zero-order chi connectivity index (χ0) is 14.1. The van der Waals surface area contributed by atoms with Crippen LogP contribution in [0.3, 0.4) is 0 Å². The summed E-state index contributed by atoms with van der Waals surface area (Å²) in [6.45, 7) is 2.17. The average Bonchev–Trinajstić information content (AvgIpc) is 2.86. The predicted octanol–water partition coefficient (Wildman–Crippen LogP) is 5.54. The first-order chi connectivity index (χ1) is 9.63. The number of halogens is 2. The van der Waals surface area contributed by atoms with Crippen LogP contribution in [0.15, 0.2) is 39.0 Å². The second-order valence-electron chi connectivity index (χ2n) is 4.93. The highest BCUT2D eigenvalue weighted by Crippen LogP contribution is 2.38. The van der Waals surface area contributed by atoms with Gasteiger partial charge in [0.15, 0.2) is 0 Å². The molecule has 1 nitrogen and oxygen atoms in total. The molecule has 2 heterocycles. The van der Waals surface area contributed by atoms with Gasteiger partial charge in [-0.1, -0.05) is 0 Å². The average molecular weight is 372 g/mol. The van der Waals surface area contributed by atoms with E-state index >= 15 is 0 Å². The van der Waals surface area contributed by atoms with E-state index in [1.165, 1.54) is 9.77 Å². The summed E-state index contributed by atoms with van der Waals surface area (Å²) in [4.78, 5) is 2.50. The van der Waals surface area contributed by atoms with Gasteiger partial charge in [-0.2, -0.15) is 0 Å². The molecule has 0 saturated heterocycles. The van der Waals surface area contributed by atoms with Gasteiger partial charge in [-0.25, -0.2) is 4.39 Å². The fraction of sp³-hybridized carbons (Fsp3) is 0.333. The zero-order valence-corrected chi connectivity index (χ0v) is 14.2. The Hall–Kier alpha value is -0.360. The lowest BCUT2D eigenvalue weighted by Crippen LogP contribution is -2.27. The van der Waals surface area contributed by atoms with E-state index in [1.807, 2.05) is 17.8 Å². The maximum absolute atomic E-state index is 13.5. The van der Waals surface area contributed by atoms with Crippen LogP contribution in [-0.4, -0.2) is 5.75 Å². The van der Waals surface area contributed by atoms with Gasteiger partial charge in [0.05, 0.1) is 0 Å². The normalized spacial score (nSPS) is 19.6. The summed E-state index contributed by atoms with van der Waals surface area (Å²) >= 11 is 7.05. The standard InChI is InChI=1S/C15H15BrFNS2/c1-9(15-6-10(16)8-20-15)18-13-4-5-19-14-3-2-11(17)7-12(13)14/h2-3,6-9,13,18H,4-5H2,1H3. The smallest absolute Gasteiger partial charge is 0.123 e. The molecule has 1 aromatic heterocycles. The van der Waals surface area contributed by atoms with E-state index in [0.717, 1.165) is 22.2 Å². The molecule has 106 valence electrons. The predicted molar refractivity (Wildman–Crippen MR) is 88.1 cm³/mol. The molecule has 0 fully saturated rings. The van der Waals surface area contributed by atoms with Gasteiger partial charge in [0.1, 0.15) is 5.82 Å². The minimum Gasteiger partial charge on any atom is -0.303 e. The quantitative estimate of drug-likeness (QED) is 0.760. The first kappa shape index (κ1) is 14.6. The molecule has 0 bridgehead atoms. The maximum atomic E-state index is 13.5. The highest BCUT2D eigenvalue weighted by molar-refractivity contribution is 9.10. The summed E-state index contributed by atoms with van der Waals surface area (Å²) < 4.78 is 14.6. The third kappa shape index (κ3) is 3.11. The van der Waals surface area contributed by atoms with Crippen LogP contribution < -0.4 is 5.32 Å². The van der Waals surface area contributed by atoms with Crippen LogP contribution in [0.4, 0.5) is 4.39 Å². The Bertz CT molecular complexity index is 614. The number of rotatable bonds is 3. The number of hydrogen-bond donors (Lipinski definition) is 1. The number of hydrogen-bond acceptors (Lipinski definition) is 3. The van der Waals surface area contributed by atoms with E-state index in [9.17, 15) is 4.39 Å². The Morgan fingerprint density at radius 1 is 1.40 bits per heavy atom. The van der Waals surface area contributed by atoms with Crippen LogP contribution >= 0.6 is 39.0 Å². The fourth-order valence-corrected chi connectivity index (χ4v) is 5.05. The molecule has 1 aliphatic rings. The Labute approximate surface area is 135 Å². The number of thiophene rings is 1. The van der Waals surface area contributed by atoms with E-state index in [2.05, 4.69) is 39.6 Å². The van der Waals surface area contributed by atoms with Crippen molar-refractivity contribution in [1.82, 2.24) is 5.32 Å². The molecule has 1 aromatic carbocycles. The number of thioether (sulfide) groups is 1. The van der Waals surface area contributed by atoms with E-state index < -0.39 is 0 Å². The van der Waals surface area contributed by atoms with Crippen LogP contribution in [-0.2, 0) is 0 Å². The van der Waals surface area contributed by atoms with Crippen LogP contribution in [0.25, 0.3) is 0 Å². The SMILES string of the molecule is CC(NC1CCSc2ccc(F)cc21)c1cc(Br)cs1. The van der Waals surface area contributed by atoms with Gasteiger partial charge in [-0.05, 0) is 64.9 Å². The molecule has 20 heavy (non-hydrogen) atoms. The first-order valence-electron chi connectivity index (χ1n) is 6.55. The monoisotopic (exact) mass is 371 g/mol. The van der Waals surface area contributed by atoms with E-state index in [0.29, 0.717) is 0 Å². The number of fused-ring (bicyclic) bond motifs is 1. The Morgan fingerprint density at radius 3 is 3.00 bits per heavy atom. The highest BCUT2D eigenvalue weighted by atomic mass is 79.9. The van der Waals surface area contributed by atoms with Crippen molar-refractivity contribution in [3.05, 3.63) is 50.4 Å². The van der Waals surface area contributed by atoms with E-state index in [-0.39, 0.29) is 17.9 Å². The van der Waals surface area contributed by atoms with Crippen molar-refractivity contribution in [2.75, 3.05) is 5.75 Å². The molecule has 5 heteroatoms. The summed E-state index contributed by atoms with van der Waals surface area (Å²) in [6.07, 6.45) is 1.04. The second kappa shape index (κ2) is 6.18. The molecular formula is C15H15BrFNS2. The third-order valence-electron chi connectivity index (χ3n) is 3.48. The van der Waals surface area contributed by atoms with Gasteiger partial charge in [0.2, 0.25) is 0 Å². The fourth-order valence-electron chi connectivity index (χ4n) is 2.48. The van der Waals surface area contributed by atoms with Gasteiger partial charge in [0, 0.05) is 31.7 Å². The van der Waals surface area contributed by atoms with Gasteiger partial charge in [-0.3, -0.25) is 0 Å². The summed E-state index contributed by atoms with van der Waals surface area (Å²) in [5.74, 6) is 0.932. The summed E-state index contributed by atoms with van der Waals surface area (Å²) in [5, 5.41) is 5.74. The van der Waals surface area contributed by atoms with E-state index in [4.69, 9.17) is 0 Å². The van der Waals surface area contributed by atoms with Crippen molar-refractivity contribution in [1.29, 1.82) is 0 Å². The minimum atomic E-state index is -0.149. The second-order valence-corrected chi connectivity index (χ2v) is 7.92. The largest absolute Gasteiger partial charge is 0.303 e. The molecule has 0 saturated carbocycles. The van der Waals surface area contributed by atoms with Gasteiger partial charge in [-0.15, -0.1) is 23.1 Å². The lowest BCUT2D eigenvalue weighted by atomic mass is 10.0. The van der Waals surface area contributed by atoms with Crippen molar-refractivity contribution in [3.63, 3.8) is 0 Å². The van der Waals surface area contributed by atoms with Crippen LogP contribution in [0, 0.1) is 5.82 Å². The van der Waals surface area contributed by atoms with Gasteiger partial charge < -0.3 is 5.32 Å². The first-order valence-corrected chi connectivity index (χ1v) is 9.21. The van der Waals surface area contributed by atoms with Gasteiger partial charge in [0.25, 0.3) is 0 Å². The Morgan fingerprint density at radius 2 is 2.25 bits per heavy atom. The molecule has 0 amide bonds. The lowest BCUT2D eigenvalue weighted by Gasteiger charge is -2.28. The Kier molecular flexibility index (Phi) is 4.50. The lowest BCUT2D eigenvalue weighted by molar-refractivity contribution is 0.451. The molecule has 2 unspecified atom stereocenters. The molecule has 0 aliphatic carbocycles. The van der Waals surface area contributed by atoms with Crippen molar-refractivity contribution in [2.24, 2.45) is 0 Å². The molecule has 0 radical (unpaired) electrons. The van der Waals surface area contributed by atoms with Gasteiger partial charge >= 0.3 is 0 Å². The number of nitrogens with one attached hydrogen (secondary N) is 1. The van der Waals surface area contributed by atoms with Crippen LogP contribution in [0.2, 0.25) is 0 Å². The third-order valence-corrected chi connectivity index (χ3v) is 6.48. The van der Waals surface area contributed by atoms with Crippen molar-refractivity contribution in [2.45, 2.75) is 30.3 Å². The summed E-state index contributed by atoms with van der Waals surface area (Å²) in [5.41, 5.74) is 1.10. The van der Waals surface area contributed by atoms with E-state index in [1.54, 1.807) is 23.5 Å². The Balaban J connectivity index is 1.80. The van der Waals surface area contributed by atoms with Crippen LogP contribution in [0.1, 0.15) is 35.9 Å². The molecule has 2 atom stereocenters. The molecule has 3 rings (SSSR count). The molecule has 1 N–H and O–H groups in total. The maximum Gasteiger partial charge on any atom is 0.123 e. The summed E-state index contributed by atoms with van der Waals surface area (Å²) in [7, 11) is 0. The zero-order valence-electron chi connectivity index (χ0n) is 11.0. The van der Waals surface area contributed by atoms with Crippen molar-refractivity contribution < 1.29 is 4.39 Å². The molecule has 2 aromatic rings. The molecule has 0 spiro atoms. The minimum absolute atomic E-state index is 0.149. The number of benzene rings is 1. The van der Waals surface area contributed by atoms with Crippen LogP contribution in [0.5, 0.6) is 0 Å². The summed E-state index contributed by atoms with van der Waals surface area (Å²) in [6, 6.07) is 7.78.